The molecule has 0 amide bonds. The molecule has 7 heteroatoms. The normalized spacial score (nSPS) is 18.4. The SMILES string of the molecule is COc1ccc2nccc(CCC[C@@H]3CCN(CC#Cc4sccc4Cl)C[C@@H]3CC(=O)O)c2c1. The monoisotopic (exact) mass is 496 g/mol. The van der Waals surface area contributed by atoms with Crippen LogP contribution in [0.3, 0.4) is 0 Å². The fourth-order valence-electron chi connectivity index (χ4n) is 4.83. The summed E-state index contributed by atoms with van der Waals surface area (Å²) in [6.45, 7) is 2.37. The molecule has 3 heterocycles. The first kappa shape index (κ1) is 24.5. The smallest absolute Gasteiger partial charge is 0.303 e. The Hall–Kier alpha value is -2.59. The van der Waals surface area contributed by atoms with Crippen molar-refractivity contribution < 1.29 is 14.6 Å². The van der Waals surface area contributed by atoms with Crippen LogP contribution in [-0.4, -0.2) is 47.7 Å². The summed E-state index contributed by atoms with van der Waals surface area (Å²) < 4.78 is 5.39. The number of piperidine rings is 1. The number of fused-ring (bicyclic) bond motifs is 1. The van der Waals surface area contributed by atoms with E-state index in [1.54, 1.807) is 18.4 Å². The Morgan fingerprint density at radius 3 is 2.97 bits per heavy atom. The van der Waals surface area contributed by atoms with Gasteiger partial charge in [-0.2, -0.15) is 0 Å². The number of benzene rings is 1. The van der Waals surface area contributed by atoms with Crippen LogP contribution >= 0.6 is 22.9 Å². The zero-order valence-corrected chi connectivity index (χ0v) is 20.9. The molecule has 1 fully saturated rings. The Morgan fingerprint density at radius 2 is 2.21 bits per heavy atom. The number of carboxylic acids is 1. The molecule has 0 unspecified atom stereocenters. The molecular weight excluding hydrogens is 468 g/mol. The summed E-state index contributed by atoms with van der Waals surface area (Å²) in [5.74, 6) is 7.03. The van der Waals surface area contributed by atoms with Gasteiger partial charge in [-0.05, 0) is 85.3 Å². The third-order valence-electron chi connectivity index (χ3n) is 6.59. The number of rotatable bonds is 8. The van der Waals surface area contributed by atoms with E-state index in [2.05, 4.69) is 27.8 Å². The van der Waals surface area contributed by atoms with Crippen LogP contribution in [0.5, 0.6) is 5.75 Å². The largest absolute Gasteiger partial charge is 0.497 e. The predicted molar refractivity (Wildman–Crippen MR) is 138 cm³/mol. The number of methoxy groups -OCH3 is 1. The lowest BCUT2D eigenvalue weighted by atomic mass is 9.80. The Labute approximate surface area is 209 Å². The third-order valence-corrected chi connectivity index (χ3v) is 7.85. The number of nitrogens with zero attached hydrogens (tertiary/aromatic N) is 2. The number of ether oxygens (including phenoxy) is 1. The van der Waals surface area contributed by atoms with Crippen molar-refractivity contribution in [3.8, 4) is 17.6 Å². The molecule has 0 bridgehead atoms. The molecule has 3 aromatic rings. The van der Waals surface area contributed by atoms with Gasteiger partial charge in [-0.25, -0.2) is 0 Å². The van der Waals surface area contributed by atoms with Gasteiger partial charge < -0.3 is 9.84 Å². The number of aromatic nitrogens is 1. The lowest BCUT2D eigenvalue weighted by Gasteiger charge is -2.37. The molecular formula is C27H29ClN2O3S. The van der Waals surface area contributed by atoms with Crippen LogP contribution in [0.2, 0.25) is 5.02 Å². The molecule has 0 aliphatic carbocycles. The number of carboxylic acid groups (broad SMARTS) is 1. The van der Waals surface area contributed by atoms with Gasteiger partial charge in [0, 0.05) is 24.5 Å². The van der Waals surface area contributed by atoms with Crippen LogP contribution in [0.25, 0.3) is 10.9 Å². The van der Waals surface area contributed by atoms with E-state index in [0.717, 1.165) is 60.3 Å². The van der Waals surface area contributed by atoms with Gasteiger partial charge in [-0.3, -0.25) is 14.7 Å². The van der Waals surface area contributed by atoms with E-state index in [-0.39, 0.29) is 12.3 Å². The van der Waals surface area contributed by atoms with Gasteiger partial charge in [0.1, 0.15) is 5.75 Å². The quantitative estimate of drug-likeness (QED) is 0.402. The third kappa shape index (κ3) is 6.29. The minimum absolute atomic E-state index is 0.146. The van der Waals surface area contributed by atoms with Crippen molar-refractivity contribution in [2.45, 2.75) is 32.1 Å². The molecule has 1 aromatic carbocycles. The second kappa shape index (κ2) is 11.7. The summed E-state index contributed by atoms with van der Waals surface area (Å²) in [6, 6.07) is 9.91. The van der Waals surface area contributed by atoms with Crippen molar-refractivity contribution in [2.75, 3.05) is 26.7 Å². The molecule has 1 N–H and O–H groups in total. The number of likely N-dealkylation sites (tertiary alicyclic amines) is 1. The molecule has 0 spiro atoms. The Balaban J connectivity index is 1.35. The average molecular weight is 497 g/mol. The lowest BCUT2D eigenvalue weighted by Crippen LogP contribution is -2.41. The van der Waals surface area contributed by atoms with Crippen LogP contribution in [0.1, 0.15) is 36.1 Å². The second-order valence-corrected chi connectivity index (χ2v) is 10.1. The standard InChI is InChI=1S/C27H29ClN2O3S/c1-33-22-7-8-25-23(17-22)20(9-12-29-25)5-2-4-19-10-14-30(18-21(19)16-27(31)32)13-3-6-26-24(28)11-15-34-26/h7-9,11-12,15,17,19,21H,2,4-5,10,13-14,16,18H2,1H3,(H,31,32)/t19-,21+/m1/s1. The van der Waals surface area contributed by atoms with Crippen LogP contribution < -0.4 is 4.74 Å². The van der Waals surface area contributed by atoms with Crippen molar-refractivity contribution in [1.82, 2.24) is 9.88 Å². The Bertz CT molecular complexity index is 1200. The molecule has 1 aliphatic heterocycles. The molecule has 2 atom stereocenters. The molecule has 1 aliphatic rings. The van der Waals surface area contributed by atoms with Gasteiger partial charge in [-0.1, -0.05) is 23.4 Å². The predicted octanol–water partition coefficient (Wildman–Crippen LogP) is 5.75. The van der Waals surface area contributed by atoms with Crippen molar-refractivity contribution in [3.63, 3.8) is 0 Å². The van der Waals surface area contributed by atoms with Gasteiger partial charge in [0.05, 0.1) is 29.1 Å². The summed E-state index contributed by atoms with van der Waals surface area (Å²) >= 11 is 7.66. The van der Waals surface area contributed by atoms with Crippen molar-refractivity contribution in [1.29, 1.82) is 0 Å². The van der Waals surface area contributed by atoms with Crippen LogP contribution in [0, 0.1) is 23.7 Å². The molecule has 5 nitrogen and oxygen atoms in total. The van der Waals surface area contributed by atoms with Crippen molar-refractivity contribution in [3.05, 3.63) is 57.4 Å². The maximum absolute atomic E-state index is 11.6. The van der Waals surface area contributed by atoms with Crippen LogP contribution in [0.4, 0.5) is 0 Å². The number of pyridine rings is 1. The van der Waals surface area contributed by atoms with Gasteiger partial charge in [0.2, 0.25) is 0 Å². The van der Waals surface area contributed by atoms with Crippen LogP contribution in [-0.2, 0) is 11.2 Å². The number of aliphatic carboxylic acids is 1. The highest BCUT2D eigenvalue weighted by Crippen LogP contribution is 2.31. The number of halogens is 1. The van der Waals surface area contributed by atoms with E-state index in [1.807, 2.05) is 35.8 Å². The number of hydrogen-bond acceptors (Lipinski definition) is 5. The van der Waals surface area contributed by atoms with E-state index in [4.69, 9.17) is 16.3 Å². The highest BCUT2D eigenvalue weighted by Gasteiger charge is 2.30. The van der Waals surface area contributed by atoms with E-state index in [9.17, 15) is 9.90 Å². The maximum Gasteiger partial charge on any atom is 0.303 e. The first-order valence-corrected chi connectivity index (χ1v) is 12.9. The molecule has 34 heavy (non-hydrogen) atoms. The summed E-state index contributed by atoms with van der Waals surface area (Å²) in [7, 11) is 1.68. The highest BCUT2D eigenvalue weighted by atomic mass is 35.5. The van der Waals surface area contributed by atoms with Gasteiger partial charge in [-0.15, -0.1) is 11.3 Å². The highest BCUT2D eigenvalue weighted by molar-refractivity contribution is 7.11. The fourth-order valence-corrected chi connectivity index (χ4v) is 5.80. The van der Waals surface area contributed by atoms with E-state index in [0.29, 0.717) is 17.5 Å². The first-order valence-electron chi connectivity index (χ1n) is 11.6. The molecule has 2 aromatic heterocycles. The summed E-state index contributed by atoms with van der Waals surface area (Å²) in [4.78, 5) is 19.2. The Kier molecular flexibility index (Phi) is 8.44. The molecule has 0 saturated carbocycles. The van der Waals surface area contributed by atoms with Gasteiger partial charge in [0.25, 0.3) is 0 Å². The summed E-state index contributed by atoms with van der Waals surface area (Å²) in [5, 5.41) is 13.3. The Morgan fingerprint density at radius 1 is 1.32 bits per heavy atom. The van der Waals surface area contributed by atoms with Crippen molar-refractivity contribution in [2.24, 2.45) is 11.8 Å². The first-order chi connectivity index (χ1) is 16.5. The molecule has 1 saturated heterocycles. The minimum atomic E-state index is -0.722. The van der Waals surface area contributed by atoms with E-state index < -0.39 is 5.97 Å². The number of hydrogen-bond donors (Lipinski definition) is 1. The summed E-state index contributed by atoms with van der Waals surface area (Å²) in [6.07, 6.45) is 6.06. The minimum Gasteiger partial charge on any atom is -0.497 e. The summed E-state index contributed by atoms with van der Waals surface area (Å²) in [5.41, 5.74) is 2.24. The zero-order valence-electron chi connectivity index (χ0n) is 19.3. The number of thiophene rings is 1. The number of carbonyl (C=O) groups is 1. The average Bonchev–Trinajstić information content (AvgIpc) is 3.24. The molecule has 0 radical (unpaired) electrons. The van der Waals surface area contributed by atoms with Crippen molar-refractivity contribution >= 4 is 39.8 Å². The fraction of sp³-hybridized carbons (Fsp3) is 0.407. The second-order valence-electron chi connectivity index (χ2n) is 8.79. The van der Waals surface area contributed by atoms with Crippen LogP contribution in [0.15, 0.2) is 41.9 Å². The topological polar surface area (TPSA) is 62.7 Å². The molecule has 4 rings (SSSR count). The van der Waals surface area contributed by atoms with E-state index >= 15 is 0 Å². The molecule has 178 valence electrons. The van der Waals surface area contributed by atoms with E-state index in [1.165, 1.54) is 5.56 Å². The lowest BCUT2D eigenvalue weighted by molar-refractivity contribution is -0.139. The van der Waals surface area contributed by atoms with Gasteiger partial charge >= 0.3 is 5.97 Å². The van der Waals surface area contributed by atoms with Gasteiger partial charge in [0.15, 0.2) is 0 Å². The maximum atomic E-state index is 11.6. The zero-order chi connectivity index (χ0) is 23.9. The number of aryl methyl sites for hydroxylation is 1.